The first-order valence-corrected chi connectivity index (χ1v) is 11.1. The molecule has 3 rings (SSSR count). The summed E-state index contributed by atoms with van der Waals surface area (Å²) < 4.78 is 24.6. The molecular formula is C21H25N3O3S. The second kappa shape index (κ2) is 9.61. The van der Waals surface area contributed by atoms with E-state index in [1.54, 1.807) is 11.1 Å². The third-order valence-electron chi connectivity index (χ3n) is 4.65. The number of aromatic nitrogens is 1. The lowest BCUT2D eigenvalue weighted by Crippen LogP contribution is -2.38. The van der Waals surface area contributed by atoms with Gasteiger partial charge in [-0.05, 0) is 30.2 Å². The van der Waals surface area contributed by atoms with Gasteiger partial charge < -0.3 is 4.90 Å². The smallest absolute Gasteiger partial charge is 0.238 e. The van der Waals surface area contributed by atoms with Crippen molar-refractivity contribution in [3.8, 4) is 0 Å². The van der Waals surface area contributed by atoms with Gasteiger partial charge in [-0.1, -0.05) is 36.4 Å². The van der Waals surface area contributed by atoms with Crippen molar-refractivity contribution in [3.63, 3.8) is 0 Å². The van der Waals surface area contributed by atoms with Crippen molar-refractivity contribution in [2.24, 2.45) is 0 Å². The molecule has 0 radical (unpaired) electrons. The number of carbonyl (C=O) groups is 1. The minimum absolute atomic E-state index is 0.336. The fraction of sp³-hybridized carbons (Fsp3) is 0.333. The second-order valence-corrected chi connectivity index (χ2v) is 8.74. The first kappa shape index (κ1) is 20.2. The van der Waals surface area contributed by atoms with E-state index in [4.69, 9.17) is 0 Å². The third kappa shape index (κ3) is 6.28. The maximum absolute atomic E-state index is 12.5. The zero-order valence-corrected chi connectivity index (χ0v) is 16.6. The van der Waals surface area contributed by atoms with Crippen molar-refractivity contribution in [1.29, 1.82) is 0 Å². The van der Waals surface area contributed by atoms with Gasteiger partial charge in [0.25, 0.3) is 0 Å². The zero-order valence-electron chi connectivity index (χ0n) is 15.8. The first-order chi connectivity index (χ1) is 13.5. The lowest BCUT2D eigenvalue weighted by molar-refractivity contribution is -0.128. The van der Waals surface area contributed by atoms with Crippen molar-refractivity contribution >= 4 is 21.8 Å². The molecule has 0 spiro atoms. The Morgan fingerprint density at radius 3 is 2.54 bits per heavy atom. The van der Waals surface area contributed by atoms with Gasteiger partial charge in [0.1, 0.15) is 5.75 Å². The summed E-state index contributed by atoms with van der Waals surface area (Å²) in [4.78, 5) is 20.8. The Labute approximate surface area is 166 Å². The maximum atomic E-state index is 12.5. The molecule has 148 valence electrons. The standard InChI is InChI=1S/C21H25N3O3S/c25-21(18-28(26,27)16-10-19-7-2-1-3-8-19)24-13-6-12-23(14-15-24)17-20-9-4-5-11-22-20/h1-5,7-11,16H,6,12-15,17-18H2/b16-10+. The molecular weight excluding hydrogens is 374 g/mol. The predicted octanol–water partition coefficient (Wildman–Crippen LogP) is 2.20. The van der Waals surface area contributed by atoms with Crippen molar-refractivity contribution in [1.82, 2.24) is 14.8 Å². The number of hydrogen-bond donors (Lipinski definition) is 0. The summed E-state index contributed by atoms with van der Waals surface area (Å²) >= 11 is 0. The quantitative estimate of drug-likeness (QED) is 0.745. The highest BCUT2D eigenvalue weighted by atomic mass is 32.2. The number of amides is 1. The Hall–Kier alpha value is -2.51. The van der Waals surface area contributed by atoms with E-state index in [1.165, 1.54) is 6.08 Å². The summed E-state index contributed by atoms with van der Waals surface area (Å²) in [5.41, 5.74) is 1.79. The highest BCUT2D eigenvalue weighted by molar-refractivity contribution is 7.95. The molecule has 0 unspecified atom stereocenters. The molecule has 1 aromatic heterocycles. The molecule has 1 aliphatic rings. The normalized spacial score (nSPS) is 16.2. The summed E-state index contributed by atoms with van der Waals surface area (Å²) in [6.07, 6.45) is 4.12. The SMILES string of the molecule is O=C(CS(=O)(=O)/C=C/c1ccccc1)N1CCCN(Cc2ccccn2)CC1. The molecule has 2 aromatic rings. The third-order valence-corrected chi connectivity index (χ3v) is 5.85. The molecule has 1 amide bonds. The van der Waals surface area contributed by atoms with E-state index in [1.807, 2.05) is 48.5 Å². The Balaban J connectivity index is 1.53. The van der Waals surface area contributed by atoms with Crippen LogP contribution in [0.4, 0.5) is 0 Å². The number of sulfone groups is 1. The zero-order chi connectivity index (χ0) is 19.8. The summed E-state index contributed by atoms with van der Waals surface area (Å²) in [6.45, 7) is 3.42. The second-order valence-electron chi connectivity index (χ2n) is 6.85. The largest absolute Gasteiger partial charge is 0.340 e. The van der Waals surface area contributed by atoms with Gasteiger partial charge in [-0.25, -0.2) is 8.42 Å². The number of hydrogen-bond acceptors (Lipinski definition) is 5. The van der Waals surface area contributed by atoms with Crippen LogP contribution in [0.3, 0.4) is 0 Å². The minimum atomic E-state index is -3.60. The highest BCUT2D eigenvalue weighted by Gasteiger charge is 2.23. The Morgan fingerprint density at radius 1 is 1.00 bits per heavy atom. The molecule has 1 fully saturated rings. The van der Waals surface area contributed by atoms with E-state index in [0.29, 0.717) is 19.6 Å². The van der Waals surface area contributed by atoms with Crippen LogP contribution in [0.15, 0.2) is 60.1 Å². The number of benzene rings is 1. The van der Waals surface area contributed by atoms with Crippen molar-refractivity contribution in [3.05, 3.63) is 71.4 Å². The van der Waals surface area contributed by atoms with Crippen LogP contribution >= 0.6 is 0 Å². The van der Waals surface area contributed by atoms with Crippen molar-refractivity contribution < 1.29 is 13.2 Å². The molecule has 2 heterocycles. The van der Waals surface area contributed by atoms with Crippen LogP contribution in [0.1, 0.15) is 17.7 Å². The van der Waals surface area contributed by atoms with Gasteiger partial charge in [0.2, 0.25) is 5.91 Å². The van der Waals surface area contributed by atoms with E-state index < -0.39 is 15.6 Å². The molecule has 0 saturated carbocycles. The predicted molar refractivity (Wildman–Crippen MR) is 110 cm³/mol. The molecule has 1 aromatic carbocycles. The molecule has 1 saturated heterocycles. The van der Waals surface area contributed by atoms with Crippen LogP contribution in [-0.2, 0) is 21.2 Å². The van der Waals surface area contributed by atoms with Gasteiger partial charge in [-0.3, -0.25) is 14.7 Å². The average Bonchev–Trinajstić information content (AvgIpc) is 2.93. The minimum Gasteiger partial charge on any atom is -0.340 e. The van der Waals surface area contributed by atoms with Gasteiger partial charge >= 0.3 is 0 Å². The summed E-state index contributed by atoms with van der Waals surface area (Å²) in [6, 6.07) is 15.0. The van der Waals surface area contributed by atoms with Crippen molar-refractivity contribution in [2.45, 2.75) is 13.0 Å². The highest BCUT2D eigenvalue weighted by Crippen LogP contribution is 2.10. The summed E-state index contributed by atoms with van der Waals surface area (Å²) in [5, 5.41) is 1.13. The van der Waals surface area contributed by atoms with Gasteiger partial charge in [0.05, 0.1) is 5.69 Å². The Morgan fingerprint density at radius 2 is 1.79 bits per heavy atom. The van der Waals surface area contributed by atoms with Crippen LogP contribution in [0.2, 0.25) is 0 Å². The van der Waals surface area contributed by atoms with Gasteiger partial charge in [-0.2, -0.15) is 0 Å². The van der Waals surface area contributed by atoms with Crippen LogP contribution in [0.25, 0.3) is 6.08 Å². The number of rotatable bonds is 6. The number of carbonyl (C=O) groups excluding carboxylic acids is 1. The average molecular weight is 400 g/mol. The van der Waals surface area contributed by atoms with Crippen molar-refractivity contribution in [2.75, 3.05) is 31.9 Å². The van der Waals surface area contributed by atoms with Gasteiger partial charge in [-0.15, -0.1) is 0 Å². The maximum Gasteiger partial charge on any atom is 0.238 e. The molecule has 6 nitrogen and oxygen atoms in total. The molecule has 0 atom stereocenters. The van der Waals surface area contributed by atoms with Crippen LogP contribution < -0.4 is 0 Å². The van der Waals surface area contributed by atoms with E-state index >= 15 is 0 Å². The van der Waals surface area contributed by atoms with E-state index in [9.17, 15) is 13.2 Å². The molecule has 1 aliphatic heterocycles. The topological polar surface area (TPSA) is 70.6 Å². The fourth-order valence-electron chi connectivity index (χ4n) is 3.16. The monoisotopic (exact) mass is 399 g/mol. The van der Waals surface area contributed by atoms with Gasteiger partial charge in [0.15, 0.2) is 9.84 Å². The van der Waals surface area contributed by atoms with Crippen LogP contribution in [-0.4, -0.2) is 61.0 Å². The fourth-order valence-corrected chi connectivity index (χ4v) is 4.14. The Bertz CT molecular complexity index is 899. The van der Waals surface area contributed by atoms with Crippen LogP contribution in [0.5, 0.6) is 0 Å². The number of pyridine rings is 1. The molecule has 0 bridgehead atoms. The molecule has 7 heteroatoms. The van der Waals surface area contributed by atoms with Crippen LogP contribution in [0, 0.1) is 0 Å². The van der Waals surface area contributed by atoms with E-state index in [0.717, 1.165) is 36.2 Å². The van der Waals surface area contributed by atoms with Gasteiger partial charge in [0, 0.05) is 44.3 Å². The molecule has 28 heavy (non-hydrogen) atoms. The lowest BCUT2D eigenvalue weighted by Gasteiger charge is -2.21. The summed E-state index contributed by atoms with van der Waals surface area (Å²) in [5.74, 6) is -0.825. The van der Waals surface area contributed by atoms with E-state index in [2.05, 4.69) is 9.88 Å². The first-order valence-electron chi connectivity index (χ1n) is 9.38. The molecule has 0 N–H and O–H groups in total. The molecule has 0 aliphatic carbocycles. The Kier molecular flexibility index (Phi) is 6.95. The lowest BCUT2D eigenvalue weighted by atomic mass is 10.2. The number of nitrogens with zero attached hydrogens (tertiary/aromatic N) is 3. The summed E-state index contributed by atoms with van der Waals surface area (Å²) in [7, 11) is -3.60. The van der Waals surface area contributed by atoms with E-state index in [-0.39, 0.29) is 5.91 Å².